The molecule has 202 valence electrons. The van der Waals surface area contributed by atoms with Crippen LogP contribution in [-0.4, -0.2) is 79.7 Å². The summed E-state index contributed by atoms with van der Waals surface area (Å²) in [6, 6.07) is 17.6. The molecule has 2 saturated heterocycles. The van der Waals surface area contributed by atoms with Gasteiger partial charge in [-0.1, -0.05) is 43.0 Å². The summed E-state index contributed by atoms with van der Waals surface area (Å²) in [6.07, 6.45) is 1.66. The second-order valence-corrected chi connectivity index (χ2v) is 9.54. The van der Waals surface area contributed by atoms with Gasteiger partial charge in [-0.25, -0.2) is 0 Å². The number of aliphatic hydroxyl groups is 1. The van der Waals surface area contributed by atoms with Crippen molar-refractivity contribution in [3.8, 4) is 11.5 Å². The molecular weight excluding hydrogens is 496 g/mol. The number of fused-ring (bicyclic) bond motifs is 1. The largest absolute Gasteiger partial charge is 0.507 e. The van der Waals surface area contributed by atoms with E-state index in [9.17, 15) is 14.7 Å². The molecule has 2 aliphatic heterocycles. The Kier molecular flexibility index (Phi) is 7.95. The SMILES string of the molecule is C=CCOc1ccc(C2/C(=C(\O)c3ccc4cc(OC)ccc4c3)C(=O)C(=O)N2CCN2CCOCC2)cc1. The number of nitrogens with zero attached hydrogens (tertiary/aromatic N) is 2. The summed E-state index contributed by atoms with van der Waals surface area (Å²) in [7, 11) is 1.61. The first kappa shape index (κ1) is 26.5. The normalized spacial score (nSPS) is 19.4. The molecule has 5 rings (SSSR count). The molecule has 0 aliphatic carbocycles. The third-order valence-corrected chi connectivity index (χ3v) is 7.19. The quantitative estimate of drug-likeness (QED) is 0.193. The van der Waals surface area contributed by atoms with Crippen molar-refractivity contribution in [3.05, 3.63) is 90.0 Å². The van der Waals surface area contributed by atoms with Crippen molar-refractivity contribution < 1.29 is 28.9 Å². The summed E-state index contributed by atoms with van der Waals surface area (Å²) >= 11 is 0. The number of methoxy groups -OCH3 is 1. The van der Waals surface area contributed by atoms with E-state index in [4.69, 9.17) is 14.2 Å². The molecule has 39 heavy (non-hydrogen) atoms. The second kappa shape index (κ2) is 11.7. The minimum atomic E-state index is -0.731. The average molecular weight is 529 g/mol. The van der Waals surface area contributed by atoms with Crippen molar-refractivity contribution in [1.29, 1.82) is 0 Å². The number of carbonyl (C=O) groups is 2. The zero-order valence-electron chi connectivity index (χ0n) is 22.0. The molecule has 1 unspecified atom stereocenters. The van der Waals surface area contributed by atoms with Gasteiger partial charge in [-0.3, -0.25) is 14.5 Å². The van der Waals surface area contributed by atoms with Crippen molar-refractivity contribution in [2.45, 2.75) is 6.04 Å². The molecule has 8 heteroatoms. The lowest BCUT2D eigenvalue weighted by atomic mass is 9.94. The lowest BCUT2D eigenvalue weighted by Gasteiger charge is -2.31. The molecule has 0 spiro atoms. The average Bonchev–Trinajstić information content (AvgIpc) is 3.23. The fourth-order valence-corrected chi connectivity index (χ4v) is 5.09. The summed E-state index contributed by atoms with van der Waals surface area (Å²) < 4.78 is 16.4. The van der Waals surface area contributed by atoms with Crippen molar-refractivity contribution in [1.82, 2.24) is 9.80 Å². The molecule has 0 radical (unpaired) electrons. The highest BCUT2D eigenvalue weighted by Gasteiger charge is 2.46. The molecule has 3 aromatic rings. The van der Waals surface area contributed by atoms with E-state index in [0.29, 0.717) is 49.8 Å². The third kappa shape index (κ3) is 5.53. The Hall–Kier alpha value is -4.14. The molecule has 2 fully saturated rings. The van der Waals surface area contributed by atoms with E-state index in [2.05, 4.69) is 11.5 Å². The number of benzene rings is 3. The number of morpholine rings is 1. The molecular formula is C31H32N2O6. The van der Waals surface area contributed by atoms with Crippen LogP contribution < -0.4 is 9.47 Å². The van der Waals surface area contributed by atoms with Gasteiger partial charge in [-0.15, -0.1) is 0 Å². The Morgan fingerprint density at radius 2 is 1.69 bits per heavy atom. The van der Waals surface area contributed by atoms with E-state index in [-0.39, 0.29) is 11.3 Å². The summed E-state index contributed by atoms with van der Waals surface area (Å²) in [5.74, 6) is -0.134. The molecule has 0 aromatic heterocycles. The molecule has 3 aromatic carbocycles. The maximum Gasteiger partial charge on any atom is 0.295 e. The Morgan fingerprint density at radius 1 is 1.00 bits per heavy atom. The van der Waals surface area contributed by atoms with Gasteiger partial charge in [0.15, 0.2) is 0 Å². The number of rotatable bonds is 9. The summed E-state index contributed by atoms with van der Waals surface area (Å²) in [5, 5.41) is 13.3. The van der Waals surface area contributed by atoms with Crippen molar-refractivity contribution in [2.24, 2.45) is 0 Å². The molecule has 1 atom stereocenters. The number of ether oxygens (including phenoxy) is 3. The number of likely N-dealkylation sites (tertiary alicyclic amines) is 1. The number of Topliss-reactive ketones (excluding diaryl/α,β-unsaturated/α-hetero) is 1. The fraction of sp³-hybridized carbons (Fsp3) is 0.290. The number of hydrogen-bond acceptors (Lipinski definition) is 7. The lowest BCUT2D eigenvalue weighted by molar-refractivity contribution is -0.140. The van der Waals surface area contributed by atoms with Crippen LogP contribution in [0.15, 0.2) is 78.9 Å². The number of aliphatic hydroxyl groups excluding tert-OH is 1. The minimum Gasteiger partial charge on any atom is -0.507 e. The molecule has 2 heterocycles. The van der Waals surface area contributed by atoms with Gasteiger partial charge in [0, 0.05) is 31.7 Å². The van der Waals surface area contributed by atoms with Gasteiger partial charge in [-0.05, 0) is 46.7 Å². The summed E-state index contributed by atoms with van der Waals surface area (Å²) in [5.41, 5.74) is 1.26. The number of hydrogen-bond donors (Lipinski definition) is 1. The Bertz CT molecular complexity index is 1410. The first-order valence-corrected chi connectivity index (χ1v) is 13.0. The van der Waals surface area contributed by atoms with Crippen molar-refractivity contribution in [3.63, 3.8) is 0 Å². The van der Waals surface area contributed by atoms with Gasteiger partial charge >= 0.3 is 0 Å². The molecule has 1 amide bonds. The molecule has 1 N–H and O–H groups in total. The van der Waals surface area contributed by atoms with Crippen LogP contribution in [-0.2, 0) is 14.3 Å². The van der Waals surface area contributed by atoms with Crippen LogP contribution in [0, 0.1) is 0 Å². The highest BCUT2D eigenvalue weighted by atomic mass is 16.5. The van der Waals surface area contributed by atoms with Gasteiger partial charge in [0.1, 0.15) is 23.9 Å². The molecule has 0 saturated carbocycles. The summed E-state index contributed by atoms with van der Waals surface area (Å²) in [6.45, 7) is 7.80. The van der Waals surface area contributed by atoms with Crippen LogP contribution in [0.2, 0.25) is 0 Å². The van der Waals surface area contributed by atoms with Crippen LogP contribution in [0.1, 0.15) is 17.2 Å². The predicted octanol–water partition coefficient (Wildman–Crippen LogP) is 4.17. The van der Waals surface area contributed by atoms with E-state index in [1.165, 1.54) is 0 Å². The van der Waals surface area contributed by atoms with Crippen LogP contribution >= 0.6 is 0 Å². The maximum absolute atomic E-state index is 13.4. The van der Waals surface area contributed by atoms with E-state index < -0.39 is 17.7 Å². The Labute approximate surface area is 227 Å². The van der Waals surface area contributed by atoms with E-state index in [0.717, 1.165) is 29.6 Å². The highest BCUT2D eigenvalue weighted by Crippen LogP contribution is 2.40. The predicted molar refractivity (Wildman–Crippen MR) is 149 cm³/mol. The Balaban J connectivity index is 1.53. The minimum absolute atomic E-state index is 0.0783. The fourth-order valence-electron chi connectivity index (χ4n) is 5.09. The Morgan fingerprint density at radius 3 is 2.41 bits per heavy atom. The van der Waals surface area contributed by atoms with Gasteiger partial charge in [-0.2, -0.15) is 0 Å². The highest BCUT2D eigenvalue weighted by molar-refractivity contribution is 6.46. The molecule has 0 bridgehead atoms. The van der Waals surface area contributed by atoms with Gasteiger partial charge in [0.25, 0.3) is 11.7 Å². The van der Waals surface area contributed by atoms with Gasteiger partial charge in [0.05, 0.1) is 31.9 Å². The van der Waals surface area contributed by atoms with E-state index in [1.807, 2.05) is 42.5 Å². The third-order valence-electron chi connectivity index (χ3n) is 7.19. The van der Waals surface area contributed by atoms with E-state index >= 15 is 0 Å². The second-order valence-electron chi connectivity index (χ2n) is 9.54. The van der Waals surface area contributed by atoms with Crippen LogP contribution in [0.25, 0.3) is 16.5 Å². The van der Waals surface area contributed by atoms with E-state index in [1.54, 1.807) is 36.3 Å². The van der Waals surface area contributed by atoms with Crippen molar-refractivity contribution in [2.75, 3.05) is 53.1 Å². The van der Waals surface area contributed by atoms with Crippen molar-refractivity contribution >= 4 is 28.2 Å². The maximum atomic E-state index is 13.4. The van der Waals surface area contributed by atoms with Gasteiger partial charge < -0.3 is 24.2 Å². The smallest absolute Gasteiger partial charge is 0.295 e. The zero-order valence-corrected chi connectivity index (χ0v) is 22.0. The van der Waals surface area contributed by atoms with Crippen LogP contribution in [0.4, 0.5) is 0 Å². The molecule has 8 nitrogen and oxygen atoms in total. The molecule has 2 aliphatic rings. The monoisotopic (exact) mass is 528 g/mol. The first-order chi connectivity index (χ1) is 19.0. The van der Waals surface area contributed by atoms with Crippen LogP contribution in [0.5, 0.6) is 11.5 Å². The topological polar surface area (TPSA) is 88.5 Å². The van der Waals surface area contributed by atoms with Crippen LogP contribution in [0.3, 0.4) is 0 Å². The zero-order chi connectivity index (χ0) is 27.4. The number of ketones is 1. The number of carbonyl (C=O) groups excluding carboxylic acids is 2. The number of amides is 1. The van der Waals surface area contributed by atoms with Gasteiger partial charge in [0.2, 0.25) is 0 Å². The lowest BCUT2D eigenvalue weighted by Crippen LogP contribution is -2.42. The standard InChI is InChI=1S/C31H32N2O6/c1-3-16-39-25-9-6-21(7-10-25)28-27(30(35)31(36)33(28)13-12-32-14-17-38-18-15-32)29(34)24-5-4-23-20-26(37-2)11-8-22(23)19-24/h3-11,19-20,28,34H,1,12-18H2,2H3/b29-27+. The summed E-state index contributed by atoms with van der Waals surface area (Å²) in [4.78, 5) is 30.5. The first-order valence-electron chi connectivity index (χ1n) is 13.0.